The van der Waals surface area contributed by atoms with Gasteiger partial charge in [-0.3, -0.25) is 0 Å². The molecule has 0 heterocycles. The molecule has 0 aliphatic heterocycles. The second-order valence-electron chi connectivity index (χ2n) is 0.509. The van der Waals surface area contributed by atoms with E-state index < -0.39 is 0 Å². The average Bonchev–Trinajstić information content (AvgIpc) is 1.41. The van der Waals surface area contributed by atoms with E-state index in [4.69, 9.17) is 0 Å². The molecule has 0 fully saturated rings. The maximum atomic E-state index is 9.51. The van der Waals surface area contributed by atoms with E-state index >= 15 is 0 Å². The summed E-state index contributed by atoms with van der Waals surface area (Å²) in [7, 11) is 0. The quantitative estimate of drug-likeness (QED) is 0.439. The Balaban J connectivity index is 2.65. The molecule has 0 aromatic carbocycles. The third kappa shape index (κ3) is 4.20. The van der Waals surface area contributed by atoms with Crippen molar-refractivity contribution in [3.05, 3.63) is 12.7 Å². The van der Waals surface area contributed by atoms with Gasteiger partial charge in [0, 0.05) is 0 Å². The van der Waals surface area contributed by atoms with Crippen molar-refractivity contribution in [3.8, 4) is 0 Å². The molecule has 0 radical (unpaired) electrons. The van der Waals surface area contributed by atoms with Crippen molar-refractivity contribution in [1.29, 1.82) is 0 Å². The fraction of sp³-hybridized carbons (Fsp3) is 0.333. The van der Waals surface area contributed by atoms with E-state index in [1.807, 2.05) is 0 Å². The Kier molecular flexibility index (Phi) is 4.37. The van der Waals surface area contributed by atoms with Gasteiger partial charge < -0.3 is 0 Å². The van der Waals surface area contributed by atoms with E-state index in [1.165, 1.54) is 0 Å². The van der Waals surface area contributed by atoms with Gasteiger partial charge in [0.1, 0.15) is 0 Å². The van der Waals surface area contributed by atoms with Gasteiger partial charge in [0.15, 0.2) is 0 Å². The van der Waals surface area contributed by atoms with Crippen LogP contribution in [-0.2, 0) is 21.4 Å². The number of allylic oxidation sites excluding steroid dienone is 1. The SMILES string of the molecule is C=C[CH2][Pd-]=[O]. The van der Waals surface area contributed by atoms with Crippen LogP contribution in [0.15, 0.2) is 12.7 Å². The Morgan fingerprint density at radius 3 is 2.60 bits per heavy atom. The van der Waals surface area contributed by atoms with Crippen LogP contribution in [0, 0.1) is 0 Å². The predicted molar refractivity (Wildman–Crippen MR) is 15.7 cm³/mol. The summed E-state index contributed by atoms with van der Waals surface area (Å²) in [6.07, 6.45) is 1.64. The van der Waals surface area contributed by atoms with Crippen molar-refractivity contribution < 1.29 is 21.4 Å². The van der Waals surface area contributed by atoms with Crippen LogP contribution in [0.25, 0.3) is 0 Å². The monoisotopic (exact) mass is 163 g/mol. The molecule has 0 aliphatic carbocycles. The average molecular weight is 163 g/mol. The van der Waals surface area contributed by atoms with Gasteiger partial charge in [0.05, 0.1) is 0 Å². The molecule has 2 heteroatoms. The van der Waals surface area contributed by atoms with E-state index in [2.05, 4.69) is 6.58 Å². The summed E-state index contributed by atoms with van der Waals surface area (Å²) in [5.74, 6) is 0. The molecular formula is C3H5OPd-. The van der Waals surface area contributed by atoms with E-state index in [1.54, 1.807) is 6.08 Å². The van der Waals surface area contributed by atoms with Crippen molar-refractivity contribution in [2.45, 2.75) is 4.89 Å². The Hall–Kier alpha value is 0.202. The molecule has 5 heavy (non-hydrogen) atoms. The second-order valence-corrected chi connectivity index (χ2v) is 1.59. The van der Waals surface area contributed by atoms with Crippen molar-refractivity contribution >= 4 is 0 Å². The maximum absolute atomic E-state index is 9.51. The van der Waals surface area contributed by atoms with Crippen LogP contribution in [0.4, 0.5) is 0 Å². The molecule has 0 aliphatic rings. The van der Waals surface area contributed by atoms with Crippen LogP contribution in [-0.4, -0.2) is 0 Å². The first-order valence-corrected chi connectivity index (χ1v) is 2.90. The van der Waals surface area contributed by atoms with E-state index in [-0.39, 0.29) is 17.9 Å². The Bertz CT molecular complexity index is 36.2. The summed E-state index contributed by atoms with van der Waals surface area (Å²) in [6.45, 7) is 3.36. The predicted octanol–water partition coefficient (Wildman–Crippen LogP) is 1.02. The van der Waals surface area contributed by atoms with Crippen molar-refractivity contribution in [1.82, 2.24) is 0 Å². The zero-order valence-corrected chi connectivity index (χ0v) is 4.27. The van der Waals surface area contributed by atoms with Crippen LogP contribution in [0.2, 0.25) is 4.89 Å². The molecule has 0 unspecified atom stereocenters. The zero-order chi connectivity index (χ0) is 4.12. The Morgan fingerprint density at radius 2 is 2.60 bits per heavy atom. The third-order valence-electron chi connectivity index (χ3n) is 0.144. The standard InChI is InChI=1S/C3H5.O.Pd/c1-3-2;;/h3H,1-2H2;;/q;;-1. The van der Waals surface area contributed by atoms with Gasteiger partial charge in [-0.2, -0.15) is 0 Å². The molecule has 0 N–H and O–H groups in total. The van der Waals surface area contributed by atoms with Gasteiger partial charge in [0.2, 0.25) is 0 Å². The molecular weight excluding hydrogens is 158 g/mol. The molecule has 0 saturated carbocycles. The summed E-state index contributed by atoms with van der Waals surface area (Å²) in [4.78, 5) is 0.647. The third-order valence-corrected chi connectivity index (χ3v) is 0.852. The topological polar surface area (TPSA) is 17.1 Å². The molecule has 1 nitrogen and oxygen atoms in total. The molecule has 0 rings (SSSR count). The molecule has 34 valence electrons. The molecule has 0 aromatic rings. The van der Waals surface area contributed by atoms with Crippen molar-refractivity contribution in [2.75, 3.05) is 0 Å². The van der Waals surface area contributed by atoms with Gasteiger partial charge >= 0.3 is 39.0 Å². The van der Waals surface area contributed by atoms with Crippen LogP contribution < -0.4 is 0 Å². The van der Waals surface area contributed by atoms with E-state index in [9.17, 15) is 3.47 Å². The first-order valence-electron chi connectivity index (χ1n) is 1.17. The molecule has 0 aromatic heterocycles. The normalized spacial score (nSPS) is 8.00. The van der Waals surface area contributed by atoms with Crippen molar-refractivity contribution in [3.63, 3.8) is 0 Å². The number of hydrogen-bond donors (Lipinski definition) is 0. The summed E-state index contributed by atoms with van der Waals surface area (Å²) < 4.78 is 9.51. The van der Waals surface area contributed by atoms with Gasteiger partial charge in [-0.15, -0.1) is 0 Å². The zero-order valence-electron chi connectivity index (χ0n) is 2.72. The number of rotatable bonds is 2. The molecule has 0 amide bonds. The van der Waals surface area contributed by atoms with Gasteiger partial charge in [-0.05, 0) is 0 Å². The van der Waals surface area contributed by atoms with Gasteiger partial charge in [0.25, 0.3) is 0 Å². The molecule has 0 saturated heterocycles. The second kappa shape index (κ2) is 4.20. The Morgan fingerprint density at radius 1 is 2.00 bits per heavy atom. The number of hydrogen-bond acceptors (Lipinski definition) is 1. The summed E-state index contributed by atoms with van der Waals surface area (Å²) in [6, 6.07) is 0. The van der Waals surface area contributed by atoms with Crippen LogP contribution in [0.1, 0.15) is 0 Å². The van der Waals surface area contributed by atoms with Gasteiger partial charge in [-0.1, -0.05) is 0 Å². The Labute approximate surface area is 39.5 Å². The minimum atomic E-state index is -0.359. The van der Waals surface area contributed by atoms with E-state index in [0.717, 1.165) is 0 Å². The summed E-state index contributed by atoms with van der Waals surface area (Å²) >= 11 is -0.359. The van der Waals surface area contributed by atoms with Crippen LogP contribution in [0.3, 0.4) is 0 Å². The van der Waals surface area contributed by atoms with Crippen molar-refractivity contribution in [2.24, 2.45) is 0 Å². The van der Waals surface area contributed by atoms with Crippen LogP contribution >= 0.6 is 0 Å². The molecule has 0 bridgehead atoms. The van der Waals surface area contributed by atoms with E-state index in [0.29, 0.717) is 4.89 Å². The fourth-order valence-electron chi connectivity index (χ4n) is 0.0373. The summed E-state index contributed by atoms with van der Waals surface area (Å²) in [5.41, 5.74) is 0. The first kappa shape index (κ1) is 5.20. The first-order chi connectivity index (χ1) is 2.41. The minimum absolute atomic E-state index is 0.359. The fourth-order valence-corrected chi connectivity index (χ4v) is 0.220. The summed E-state index contributed by atoms with van der Waals surface area (Å²) in [5, 5.41) is 0. The molecule has 0 spiro atoms. The van der Waals surface area contributed by atoms with Crippen LogP contribution in [0.5, 0.6) is 0 Å². The van der Waals surface area contributed by atoms with Gasteiger partial charge in [-0.25, -0.2) is 0 Å². The molecule has 0 atom stereocenters.